The van der Waals surface area contributed by atoms with Crippen LogP contribution in [0.3, 0.4) is 0 Å². The number of anilines is 1. The van der Waals surface area contributed by atoms with Gasteiger partial charge in [0.1, 0.15) is 17.8 Å². The first kappa shape index (κ1) is 21.4. The molecule has 2 aromatic heterocycles. The van der Waals surface area contributed by atoms with Gasteiger partial charge in [0.25, 0.3) is 0 Å². The lowest BCUT2D eigenvalue weighted by atomic mass is 9.79. The normalized spacial score (nSPS) is 21.8. The van der Waals surface area contributed by atoms with Crippen LogP contribution in [0.5, 0.6) is 0 Å². The number of hydrogen-bond donors (Lipinski definition) is 2. The average molecular weight is 455 g/mol. The van der Waals surface area contributed by atoms with E-state index in [9.17, 15) is 8.42 Å². The molecule has 0 atom stereocenters. The van der Waals surface area contributed by atoms with Gasteiger partial charge in [0.15, 0.2) is 0 Å². The lowest BCUT2D eigenvalue weighted by Gasteiger charge is -2.38. The molecule has 1 aliphatic carbocycles. The molecule has 8 nitrogen and oxygen atoms in total. The molecule has 3 heterocycles. The minimum Gasteiger partial charge on any atom is -0.383 e. The van der Waals surface area contributed by atoms with Crippen molar-refractivity contribution in [2.24, 2.45) is 11.1 Å². The van der Waals surface area contributed by atoms with Gasteiger partial charge in [-0.3, -0.25) is 0 Å². The Labute approximate surface area is 188 Å². The summed E-state index contributed by atoms with van der Waals surface area (Å²) in [6, 6.07) is 8.30. The monoisotopic (exact) mass is 454 g/mol. The quantitative estimate of drug-likeness (QED) is 0.566. The third-order valence-electron chi connectivity index (χ3n) is 6.87. The highest BCUT2D eigenvalue weighted by Gasteiger charge is 2.34. The first-order valence-corrected chi connectivity index (χ1v) is 13.0. The highest BCUT2D eigenvalue weighted by Crippen LogP contribution is 2.43. The zero-order valence-corrected chi connectivity index (χ0v) is 19.0. The number of likely N-dealkylation sites (tertiary alicyclic amines) is 1. The van der Waals surface area contributed by atoms with Crippen LogP contribution in [0.1, 0.15) is 37.3 Å². The molecule has 32 heavy (non-hydrogen) atoms. The second-order valence-corrected chi connectivity index (χ2v) is 11.0. The number of benzene rings is 1. The van der Waals surface area contributed by atoms with Gasteiger partial charge >= 0.3 is 0 Å². The number of fused-ring (bicyclic) bond motifs is 1. The average Bonchev–Trinajstić information content (AvgIpc) is 3.37. The van der Waals surface area contributed by atoms with Gasteiger partial charge in [-0.05, 0) is 62.2 Å². The Morgan fingerprint density at radius 2 is 1.91 bits per heavy atom. The molecule has 2 fully saturated rings. The van der Waals surface area contributed by atoms with Crippen LogP contribution in [-0.4, -0.2) is 53.2 Å². The smallest absolute Gasteiger partial charge is 0.209 e. The van der Waals surface area contributed by atoms with Crippen molar-refractivity contribution < 1.29 is 8.42 Å². The van der Waals surface area contributed by atoms with Crippen molar-refractivity contribution in [1.82, 2.24) is 19.4 Å². The molecule has 0 unspecified atom stereocenters. The Morgan fingerprint density at radius 3 is 2.66 bits per heavy atom. The van der Waals surface area contributed by atoms with Crippen molar-refractivity contribution in [3.63, 3.8) is 0 Å². The first-order valence-electron chi connectivity index (χ1n) is 11.3. The van der Waals surface area contributed by atoms with Crippen molar-refractivity contribution in [2.45, 2.75) is 38.1 Å². The molecule has 1 aliphatic heterocycles. The van der Waals surface area contributed by atoms with Crippen molar-refractivity contribution in [1.29, 1.82) is 0 Å². The minimum absolute atomic E-state index is 0.0794. The van der Waals surface area contributed by atoms with Crippen molar-refractivity contribution in [2.75, 3.05) is 31.1 Å². The summed E-state index contributed by atoms with van der Waals surface area (Å²) in [5.74, 6) is 1.12. The van der Waals surface area contributed by atoms with Gasteiger partial charge in [-0.25, -0.2) is 23.5 Å². The van der Waals surface area contributed by atoms with Crippen molar-refractivity contribution in [3.8, 4) is 11.1 Å². The maximum Gasteiger partial charge on any atom is 0.209 e. The summed E-state index contributed by atoms with van der Waals surface area (Å²) < 4.78 is 25.0. The molecule has 1 aromatic carbocycles. The molecule has 3 aromatic rings. The molecule has 5 rings (SSSR count). The number of aryl methyl sites for hydroxylation is 1. The highest BCUT2D eigenvalue weighted by molar-refractivity contribution is 7.89. The van der Waals surface area contributed by atoms with E-state index >= 15 is 0 Å². The number of sulfonamides is 1. The lowest BCUT2D eigenvalue weighted by molar-refractivity contribution is 0.145. The maximum atomic E-state index is 11.4. The molecule has 0 spiro atoms. The topological polar surface area (TPSA) is 120 Å². The molecule has 1 saturated carbocycles. The fourth-order valence-electron chi connectivity index (χ4n) is 5.17. The van der Waals surface area contributed by atoms with Crippen LogP contribution in [-0.2, 0) is 16.4 Å². The van der Waals surface area contributed by atoms with Crippen LogP contribution in [0.25, 0.3) is 22.2 Å². The number of nitrogen functional groups attached to an aromatic ring is 1. The molecule has 1 saturated heterocycles. The summed E-state index contributed by atoms with van der Waals surface area (Å²) in [5.41, 5.74) is 10.0. The second-order valence-electron chi connectivity index (χ2n) is 9.22. The minimum atomic E-state index is -3.51. The van der Waals surface area contributed by atoms with E-state index in [2.05, 4.69) is 25.6 Å². The van der Waals surface area contributed by atoms with E-state index in [1.807, 2.05) is 24.3 Å². The molecule has 4 N–H and O–H groups in total. The Balaban J connectivity index is 1.42. The lowest BCUT2D eigenvalue weighted by Crippen LogP contribution is -2.35. The van der Waals surface area contributed by atoms with Crippen molar-refractivity contribution in [3.05, 3.63) is 42.4 Å². The molecule has 0 bridgehead atoms. The number of primary sulfonamides is 1. The summed E-state index contributed by atoms with van der Waals surface area (Å²) in [6.45, 7) is 3.68. The van der Waals surface area contributed by atoms with Gasteiger partial charge in [-0.1, -0.05) is 24.3 Å². The Morgan fingerprint density at radius 1 is 1.12 bits per heavy atom. The Hall–Kier alpha value is -2.49. The fraction of sp³-hybridized carbons (Fsp3) is 0.478. The van der Waals surface area contributed by atoms with Crippen LogP contribution >= 0.6 is 0 Å². The van der Waals surface area contributed by atoms with E-state index in [0.29, 0.717) is 18.3 Å². The van der Waals surface area contributed by atoms with Crippen LogP contribution in [0, 0.1) is 5.92 Å². The molecule has 0 amide bonds. The maximum absolute atomic E-state index is 11.4. The van der Waals surface area contributed by atoms with E-state index in [4.69, 9.17) is 10.9 Å². The van der Waals surface area contributed by atoms with Gasteiger partial charge < -0.3 is 15.2 Å². The summed E-state index contributed by atoms with van der Waals surface area (Å²) in [5, 5.41) is 6.04. The number of aromatic nitrogens is 3. The van der Waals surface area contributed by atoms with Gasteiger partial charge in [-0.15, -0.1) is 0 Å². The van der Waals surface area contributed by atoms with E-state index in [1.165, 1.54) is 38.8 Å². The van der Waals surface area contributed by atoms with Crippen molar-refractivity contribution >= 4 is 26.9 Å². The molecule has 170 valence electrons. The van der Waals surface area contributed by atoms with E-state index in [1.54, 1.807) is 0 Å². The van der Waals surface area contributed by atoms with E-state index in [-0.39, 0.29) is 5.75 Å². The van der Waals surface area contributed by atoms with Crippen LogP contribution in [0.4, 0.5) is 5.82 Å². The van der Waals surface area contributed by atoms with Crippen LogP contribution in [0.15, 0.2) is 36.8 Å². The second kappa shape index (κ2) is 8.46. The molecular formula is C23H30N6O2S. The highest BCUT2D eigenvalue weighted by atomic mass is 32.2. The number of hydrogen-bond acceptors (Lipinski definition) is 6. The van der Waals surface area contributed by atoms with E-state index in [0.717, 1.165) is 46.5 Å². The third-order valence-corrected chi connectivity index (χ3v) is 7.64. The SMILES string of the molecule is Nc1ncnc2c1c(-c1cccc(CCS(N)(=O)=O)c1)cn2[C@H]1C[C@@H](CN2CCCC2)C1. The number of rotatable bonds is 7. The van der Waals surface area contributed by atoms with Gasteiger partial charge in [-0.2, -0.15) is 0 Å². The fourth-order valence-corrected chi connectivity index (χ4v) is 5.69. The number of nitrogens with zero attached hydrogens (tertiary/aromatic N) is 4. The summed E-state index contributed by atoms with van der Waals surface area (Å²) >= 11 is 0. The van der Waals surface area contributed by atoms with Gasteiger partial charge in [0.2, 0.25) is 10.0 Å². The molecular weight excluding hydrogens is 424 g/mol. The molecule has 9 heteroatoms. The van der Waals surface area contributed by atoms with Crippen LogP contribution < -0.4 is 10.9 Å². The van der Waals surface area contributed by atoms with E-state index < -0.39 is 10.0 Å². The first-order chi connectivity index (χ1) is 15.4. The predicted molar refractivity (Wildman–Crippen MR) is 126 cm³/mol. The predicted octanol–water partition coefficient (Wildman–Crippen LogP) is 2.56. The molecule has 2 aliphatic rings. The standard InChI is InChI=1S/C23H30N6O2S/c24-22-21-20(18-5-3-4-16(10-18)6-9-32(25,30)31)14-29(23(21)27-15-26-22)19-11-17(12-19)13-28-7-1-2-8-28/h3-5,10,14-15,17,19H,1-2,6-9,11-13H2,(H2,24,26,27)(H2,25,30,31)/t17-,19+. The van der Waals surface area contributed by atoms with Gasteiger partial charge in [0, 0.05) is 24.3 Å². The zero-order valence-electron chi connectivity index (χ0n) is 18.2. The third kappa shape index (κ3) is 4.37. The molecule has 0 radical (unpaired) electrons. The summed E-state index contributed by atoms with van der Waals surface area (Å²) in [4.78, 5) is 11.4. The number of nitrogens with two attached hydrogens (primary N) is 2. The summed E-state index contributed by atoms with van der Waals surface area (Å²) in [7, 11) is -3.51. The largest absolute Gasteiger partial charge is 0.383 e. The van der Waals surface area contributed by atoms with Crippen LogP contribution in [0.2, 0.25) is 0 Å². The Kier molecular flexibility index (Phi) is 5.65. The summed E-state index contributed by atoms with van der Waals surface area (Å²) in [6.07, 6.45) is 9.00. The zero-order chi connectivity index (χ0) is 22.3. The Bertz CT molecular complexity index is 1230. The van der Waals surface area contributed by atoms with Gasteiger partial charge in [0.05, 0.1) is 11.1 Å².